The average molecular weight is 417 g/mol. The number of rotatable bonds is 10. The van der Waals surface area contributed by atoms with Crippen LogP contribution in [0.15, 0.2) is 24.3 Å². The molecule has 0 radical (unpaired) electrons. The van der Waals surface area contributed by atoms with Gasteiger partial charge >= 0.3 is 13.1 Å². The molecule has 5 nitrogen and oxygen atoms in total. The molecule has 1 aliphatic rings. The van der Waals surface area contributed by atoms with E-state index in [4.69, 9.17) is 14.0 Å². The zero-order valence-electron chi connectivity index (χ0n) is 20.2. The SMILES string of the molecule is COC(=O)C(C)CCCCN(Cc1ccccc1B1OC(C)(C)C(C)(C)O1)C(C)C. The summed E-state index contributed by atoms with van der Waals surface area (Å²) in [5.74, 6) is -0.154. The molecule has 1 atom stereocenters. The number of carbonyl (C=O) groups excluding carboxylic acids is 1. The monoisotopic (exact) mass is 417 g/mol. The predicted molar refractivity (Wildman–Crippen MR) is 123 cm³/mol. The van der Waals surface area contributed by atoms with Crippen molar-refractivity contribution < 1.29 is 18.8 Å². The van der Waals surface area contributed by atoms with Crippen LogP contribution in [0.2, 0.25) is 0 Å². The van der Waals surface area contributed by atoms with E-state index >= 15 is 0 Å². The van der Waals surface area contributed by atoms with Crippen molar-refractivity contribution in [3.8, 4) is 0 Å². The third-order valence-electron chi connectivity index (χ3n) is 6.60. The zero-order valence-corrected chi connectivity index (χ0v) is 20.2. The zero-order chi connectivity index (χ0) is 22.5. The Hall–Kier alpha value is -1.37. The first-order chi connectivity index (χ1) is 14.0. The standard InChI is InChI=1S/C24H40BNO4/c1-18(2)26(16-12-11-13-19(3)22(27)28-8)17-20-14-9-10-15-21(20)25-29-23(4,5)24(6,7)30-25/h9-10,14-15,18-19H,11-13,16-17H2,1-8H3. The molecular formula is C24H40BNO4. The molecule has 1 aliphatic heterocycles. The summed E-state index contributed by atoms with van der Waals surface area (Å²) in [5, 5.41) is 0. The van der Waals surface area contributed by atoms with Crippen LogP contribution in [-0.2, 0) is 25.4 Å². The molecule has 1 aromatic rings. The molecule has 1 fully saturated rings. The second kappa shape index (κ2) is 10.3. The van der Waals surface area contributed by atoms with Crippen molar-refractivity contribution >= 4 is 18.6 Å². The van der Waals surface area contributed by atoms with Crippen molar-refractivity contribution in [3.63, 3.8) is 0 Å². The van der Waals surface area contributed by atoms with Gasteiger partial charge < -0.3 is 14.0 Å². The largest absolute Gasteiger partial charge is 0.495 e. The average Bonchev–Trinajstić information content (AvgIpc) is 2.90. The first-order valence-corrected chi connectivity index (χ1v) is 11.2. The third kappa shape index (κ3) is 6.08. The number of benzene rings is 1. The minimum absolute atomic E-state index is 0.0356. The molecule has 0 amide bonds. The van der Waals surface area contributed by atoms with Crippen molar-refractivity contribution in [1.29, 1.82) is 0 Å². The lowest BCUT2D eigenvalue weighted by Gasteiger charge is -2.32. The Morgan fingerprint density at radius 2 is 1.67 bits per heavy atom. The summed E-state index contributed by atoms with van der Waals surface area (Å²) in [6.07, 6.45) is 2.93. The van der Waals surface area contributed by atoms with E-state index in [1.165, 1.54) is 12.7 Å². The quantitative estimate of drug-likeness (QED) is 0.325. The van der Waals surface area contributed by atoms with E-state index in [9.17, 15) is 4.79 Å². The van der Waals surface area contributed by atoms with Crippen LogP contribution in [0.4, 0.5) is 0 Å². The Labute approximate surface area is 183 Å². The van der Waals surface area contributed by atoms with E-state index in [1.807, 2.05) is 6.92 Å². The second-order valence-electron chi connectivity index (χ2n) is 9.77. The first-order valence-electron chi connectivity index (χ1n) is 11.2. The summed E-state index contributed by atoms with van der Waals surface area (Å²) >= 11 is 0. The van der Waals surface area contributed by atoms with Gasteiger partial charge in [-0.25, -0.2) is 0 Å². The highest BCUT2D eigenvalue weighted by atomic mass is 16.7. The maximum atomic E-state index is 11.6. The Bertz CT molecular complexity index is 688. The van der Waals surface area contributed by atoms with Gasteiger partial charge in [0.2, 0.25) is 0 Å². The van der Waals surface area contributed by atoms with Crippen molar-refractivity contribution in [2.75, 3.05) is 13.7 Å². The topological polar surface area (TPSA) is 48.0 Å². The molecule has 0 bridgehead atoms. The van der Waals surface area contributed by atoms with Crippen LogP contribution in [0.5, 0.6) is 0 Å². The number of unbranched alkanes of at least 4 members (excludes halogenated alkanes) is 1. The van der Waals surface area contributed by atoms with Gasteiger partial charge in [-0.05, 0) is 72.0 Å². The van der Waals surface area contributed by atoms with E-state index in [0.29, 0.717) is 6.04 Å². The van der Waals surface area contributed by atoms with Crippen LogP contribution in [0.3, 0.4) is 0 Å². The normalized spacial score (nSPS) is 18.8. The molecule has 1 unspecified atom stereocenters. The van der Waals surface area contributed by atoms with Gasteiger partial charge in [0.05, 0.1) is 24.2 Å². The highest BCUT2D eigenvalue weighted by Crippen LogP contribution is 2.36. The molecule has 1 saturated heterocycles. The lowest BCUT2D eigenvalue weighted by molar-refractivity contribution is -0.145. The fourth-order valence-electron chi connectivity index (χ4n) is 3.70. The first kappa shape index (κ1) is 24.9. The molecule has 168 valence electrons. The smallest absolute Gasteiger partial charge is 0.469 e. The van der Waals surface area contributed by atoms with Crippen LogP contribution in [0.25, 0.3) is 0 Å². The molecule has 1 heterocycles. The fourth-order valence-corrected chi connectivity index (χ4v) is 3.70. The van der Waals surface area contributed by atoms with E-state index < -0.39 is 0 Å². The highest BCUT2D eigenvalue weighted by molar-refractivity contribution is 6.62. The second-order valence-corrected chi connectivity index (χ2v) is 9.77. The summed E-state index contributed by atoms with van der Waals surface area (Å²) in [4.78, 5) is 14.1. The van der Waals surface area contributed by atoms with Crippen LogP contribution >= 0.6 is 0 Å². The van der Waals surface area contributed by atoms with Crippen LogP contribution < -0.4 is 5.46 Å². The Morgan fingerprint density at radius 1 is 1.07 bits per heavy atom. The van der Waals surface area contributed by atoms with Crippen LogP contribution in [-0.4, -0.2) is 48.9 Å². The van der Waals surface area contributed by atoms with Crippen LogP contribution in [0, 0.1) is 5.92 Å². The van der Waals surface area contributed by atoms with Crippen molar-refractivity contribution in [2.45, 2.75) is 91.5 Å². The van der Waals surface area contributed by atoms with Gasteiger partial charge in [0.15, 0.2) is 0 Å². The number of carbonyl (C=O) groups is 1. The van der Waals surface area contributed by atoms with E-state index in [0.717, 1.165) is 37.8 Å². The number of hydrogen-bond donors (Lipinski definition) is 0. The molecule has 6 heteroatoms. The molecular weight excluding hydrogens is 377 g/mol. The van der Waals surface area contributed by atoms with Gasteiger partial charge in [-0.1, -0.05) is 37.6 Å². The lowest BCUT2D eigenvalue weighted by atomic mass is 9.76. The maximum absolute atomic E-state index is 11.6. The minimum atomic E-state index is -0.348. The van der Waals surface area contributed by atoms with E-state index in [2.05, 4.69) is 70.7 Å². The van der Waals surface area contributed by atoms with Gasteiger partial charge in [-0.15, -0.1) is 0 Å². The Balaban J connectivity index is 2.02. The van der Waals surface area contributed by atoms with E-state index in [-0.39, 0.29) is 30.2 Å². The van der Waals surface area contributed by atoms with Gasteiger partial charge in [-0.3, -0.25) is 9.69 Å². The number of methoxy groups -OCH3 is 1. The van der Waals surface area contributed by atoms with Crippen LogP contribution in [0.1, 0.15) is 73.3 Å². The van der Waals surface area contributed by atoms with Crippen molar-refractivity contribution in [3.05, 3.63) is 29.8 Å². The molecule has 30 heavy (non-hydrogen) atoms. The molecule has 1 aromatic carbocycles. The number of hydrogen-bond acceptors (Lipinski definition) is 5. The van der Waals surface area contributed by atoms with Gasteiger partial charge in [0, 0.05) is 12.6 Å². The lowest BCUT2D eigenvalue weighted by Crippen LogP contribution is -2.41. The Kier molecular flexibility index (Phi) is 8.55. The van der Waals surface area contributed by atoms with Gasteiger partial charge in [-0.2, -0.15) is 0 Å². The minimum Gasteiger partial charge on any atom is -0.469 e. The summed E-state index contributed by atoms with van der Waals surface area (Å²) in [5.41, 5.74) is 1.66. The summed E-state index contributed by atoms with van der Waals surface area (Å²) in [7, 11) is 1.11. The summed E-state index contributed by atoms with van der Waals surface area (Å²) in [6, 6.07) is 8.86. The number of ether oxygens (including phenoxy) is 1. The fraction of sp³-hybridized carbons (Fsp3) is 0.708. The van der Waals surface area contributed by atoms with Crippen molar-refractivity contribution in [2.24, 2.45) is 5.92 Å². The summed E-state index contributed by atoms with van der Waals surface area (Å²) in [6.45, 7) is 16.6. The van der Waals surface area contributed by atoms with Gasteiger partial charge in [0.1, 0.15) is 0 Å². The number of esters is 1. The molecule has 0 aromatic heterocycles. The Morgan fingerprint density at radius 3 is 2.23 bits per heavy atom. The molecule has 0 saturated carbocycles. The molecule has 0 spiro atoms. The predicted octanol–water partition coefficient (Wildman–Crippen LogP) is 4.18. The van der Waals surface area contributed by atoms with Crippen molar-refractivity contribution in [1.82, 2.24) is 4.90 Å². The molecule has 0 aliphatic carbocycles. The molecule has 0 N–H and O–H groups in total. The van der Waals surface area contributed by atoms with Gasteiger partial charge in [0.25, 0.3) is 0 Å². The van der Waals surface area contributed by atoms with E-state index in [1.54, 1.807) is 0 Å². The summed E-state index contributed by atoms with van der Waals surface area (Å²) < 4.78 is 17.4. The number of nitrogens with zero attached hydrogens (tertiary/aromatic N) is 1. The maximum Gasteiger partial charge on any atom is 0.495 e. The molecule has 2 rings (SSSR count). The highest BCUT2D eigenvalue weighted by Gasteiger charge is 2.52. The third-order valence-corrected chi connectivity index (χ3v) is 6.60.